The maximum absolute atomic E-state index is 14.4. The topological polar surface area (TPSA) is 133 Å². The largest absolute Gasteiger partial charge is 0.457 e. The molecule has 6 rings (SSSR count). The molecule has 0 unspecified atom stereocenters. The predicted molar refractivity (Wildman–Crippen MR) is 194 cm³/mol. The molecule has 4 aromatic carbocycles. The molecule has 21 heteroatoms. The summed E-state index contributed by atoms with van der Waals surface area (Å²) in [7, 11) is 0. The van der Waals surface area contributed by atoms with E-state index in [1.54, 1.807) is 0 Å². The fraction of sp³-hybridized carbons (Fsp3) is 0.317. The first-order valence-corrected chi connectivity index (χ1v) is 18.1. The van der Waals surface area contributed by atoms with Crippen LogP contribution in [0.5, 0.6) is 11.5 Å². The van der Waals surface area contributed by atoms with Crippen molar-refractivity contribution >= 4 is 29.3 Å². The van der Waals surface area contributed by atoms with Gasteiger partial charge in [-0.2, -0.15) is 52.7 Å². The highest BCUT2D eigenvalue weighted by Gasteiger charge is 2.73. The van der Waals surface area contributed by atoms with E-state index in [2.05, 4.69) is 13.8 Å². The van der Waals surface area contributed by atoms with Crippen LogP contribution in [0.25, 0.3) is 0 Å². The van der Waals surface area contributed by atoms with Crippen LogP contribution >= 0.6 is 0 Å². The number of hydrogen-bond acceptors (Lipinski definition) is 7. The summed E-state index contributed by atoms with van der Waals surface area (Å²) in [6.07, 6.45) is -25.7. The molecule has 2 heterocycles. The van der Waals surface area contributed by atoms with E-state index < -0.39 is 117 Å². The summed E-state index contributed by atoms with van der Waals surface area (Å²) in [4.78, 5) is 51.0. The Hall–Kier alpha value is -5.96. The molecular weight excluding hydrogens is 860 g/mol. The van der Waals surface area contributed by atoms with Crippen molar-refractivity contribution in [2.45, 2.75) is 82.4 Å². The van der Waals surface area contributed by atoms with Gasteiger partial charge < -0.3 is 14.9 Å². The van der Waals surface area contributed by atoms with Gasteiger partial charge in [-0.25, -0.2) is 4.90 Å². The molecule has 0 aliphatic carbocycles. The number of hydrogen-bond donors (Lipinski definition) is 3. The van der Waals surface area contributed by atoms with Crippen LogP contribution in [0.1, 0.15) is 109 Å². The van der Waals surface area contributed by atoms with Crippen LogP contribution in [0.2, 0.25) is 0 Å². The summed E-state index contributed by atoms with van der Waals surface area (Å²) >= 11 is 0. The lowest BCUT2D eigenvalue weighted by Crippen LogP contribution is -2.54. The molecule has 0 radical (unpaired) electrons. The van der Waals surface area contributed by atoms with Crippen molar-refractivity contribution in [3.05, 3.63) is 123 Å². The number of fused-ring (bicyclic) bond motifs is 2. The summed E-state index contributed by atoms with van der Waals surface area (Å²) in [6, 6.07) is 9.60. The summed E-state index contributed by atoms with van der Waals surface area (Å²) in [6.45, 7) is 6.64. The lowest BCUT2D eigenvalue weighted by atomic mass is 9.82. The van der Waals surface area contributed by atoms with Crippen molar-refractivity contribution in [3.8, 4) is 11.5 Å². The van der Waals surface area contributed by atoms with Crippen LogP contribution < -0.4 is 15.0 Å². The Labute approximate surface area is 342 Å². The van der Waals surface area contributed by atoms with Gasteiger partial charge in [-0.05, 0) is 77.6 Å². The molecule has 0 aromatic heterocycles. The molecule has 2 aliphatic heterocycles. The standard InChI is InChI=1S/C38H24F12N2O7.C3H8/c1-16(2)21-7-3-17(12-26(21)33(57,35(39,40)41)36(42,43)44)11-18-4-10-28(27(13-18)34(58,37(45,46)47)38(48,49)50)52-31(55)23-9-6-20(15-25(23)32(52)56)59-19-5-8-22-24(14-19)30(54)51-29(22)53;1-3-2/h3-10,12-16,57-58H,11H2,1-2H3,(H,51,53,54);3H2,1-2H3. The van der Waals surface area contributed by atoms with E-state index in [0.717, 1.165) is 36.4 Å². The van der Waals surface area contributed by atoms with Gasteiger partial charge in [0.25, 0.3) is 34.8 Å². The maximum atomic E-state index is 14.4. The van der Waals surface area contributed by atoms with Crippen LogP contribution in [0.3, 0.4) is 0 Å². The lowest BCUT2D eigenvalue weighted by molar-refractivity contribution is -0.376. The molecule has 9 nitrogen and oxygen atoms in total. The molecule has 332 valence electrons. The first-order chi connectivity index (χ1) is 28.4. The number of rotatable bonds is 8. The Morgan fingerprint density at radius 2 is 0.984 bits per heavy atom. The van der Waals surface area contributed by atoms with E-state index in [-0.39, 0.29) is 39.7 Å². The Bertz CT molecular complexity index is 2430. The number of amides is 4. The average Bonchev–Trinajstić information content (AvgIpc) is 3.57. The molecule has 4 aromatic rings. The highest BCUT2D eigenvalue weighted by molar-refractivity contribution is 6.34. The Kier molecular flexibility index (Phi) is 12.2. The quantitative estimate of drug-likeness (QED) is 0.119. The van der Waals surface area contributed by atoms with E-state index in [9.17, 15) is 82.1 Å². The molecular formula is C41H32F12N2O7. The van der Waals surface area contributed by atoms with Crippen LogP contribution in [-0.2, 0) is 17.6 Å². The van der Waals surface area contributed by atoms with E-state index >= 15 is 0 Å². The Morgan fingerprint density at radius 3 is 1.48 bits per heavy atom. The first-order valence-electron chi connectivity index (χ1n) is 18.1. The van der Waals surface area contributed by atoms with Crippen LogP contribution in [-0.4, -0.2) is 58.5 Å². The number of nitrogens with one attached hydrogen (secondary N) is 1. The minimum atomic E-state index is -6.63. The molecule has 62 heavy (non-hydrogen) atoms. The molecule has 0 saturated heterocycles. The van der Waals surface area contributed by atoms with Crippen molar-refractivity contribution in [3.63, 3.8) is 0 Å². The van der Waals surface area contributed by atoms with Crippen molar-refractivity contribution in [1.29, 1.82) is 0 Å². The number of benzene rings is 4. The molecule has 0 bridgehead atoms. The number of aliphatic hydroxyl groups is 2. The van der Waals surface area contributed by atoms with Crippen LogP contribution in [0.15, 0.2) is 72.8 Å². The fourth-order valence-corrected chi connectivity index (χ4v) is 6.72. The smallest absolute Gasteiger partial charge is 0.430 e. The second-order valence-electron chi connectivity index (χ2n) is 14.5. The normalized spacial score (nSPS) is 14.8. The van der Waals surface area contributed by atoms with Crippen molar-refractivity contribution < 1.29 is 86.8 Å². The second-order valence-corrected chi connectivity index (χ2v) is 14.5. The molecule has 0 fully saturated rings. The third kappa shape index (κ3) is 7.98. The maximum Gasteiger partial charge on any atom is 0.430 e. The van der Waals surface area contributed by atoms with Gasteiger partial charge in [-0.1, -0.05) is 58.4 Å². The van der Waals surface area contributed by atoms with Gasteiger partial charge in [-0.15, -0.1) is 0 Å². The molecule has 3 N–H and O–H groups in total. The number of ether oxygens (including phenoxy) is 1. The Morgan fingerprint density at radius 1 is 0.565 bits per heavy atom. The monoisotopic (exact) mass is 892 g/mol. The fourth-order valence-electron chi connectivity index (χ4n) is 6.72. The number of halogens is 12. The van der Waals surface area contributed by atoms with Gasteiger partial charge in [0, 0.05) is 11.1 Å². The van der Waals surface area contributed by atoms with Crippen molar-refractivity contribution in [1.82, 2.24) is 5.32 Å². The number of carbonyl (C=O) groups is 4. The molecule has 2 aliphatic rings. The SMILES string of the molecule is CC(C)c1ccc(Cc2ccc(N3C(=O)c4ccc(Oc5ccc6c(c5)C(=O)NC6=O)cc4C3=O)c(C(O)(C(F)(F)F)C(F)(F)F)c2)cc1C(O)(C(F)(F)F)C(F)(F)F.CCC. The molecule has 0 spiro atoms. The van der Waals surface area contributed by atoms with E-state index in [4.69, 9.17) is 4.74 Å². The van der Waals surface area contributed by atoms with Crippen LogP contribution in [0.4, 0.5) is 58.4 Å². The van der Waals surface area contributed by atoms with Gasteiger partial charge in [-0.3, -0.25) is 24.5 Å². The zero-order valence-electron chi connectivity index (χ0n) is 32.3. The molecule has 0 saturated carbocycles. The van der Waals surface area contributed by atoms with Gasteiger partial charge in [0.15, 0.2) is 0 Å². The van der Waals surface area contributed by atoms with Crippen LogP contribution in [0, 0.1) is 0 Å². The number of anilines is 1. The number of carbonyl (C=O) groups excluding carboxylic acids is 4. The zero-order valence-corrected chi connectivity index (χ0v) is 32.3. The minimum absolute atomic E-state index is 0.0103. The second kappa shape index (κ2) is 16.1. The highest BCUT2D eigenvalue weighted by Crippen LogP contribution is 2.54. The summed E-state index contributed by atoms with van der Waals surface area (Å²) < 4.78 is 176. The summed E-state index contributed by atoms with van der Waals surface area (Å²) in [5, 5.41) is 22.8. The van der Waals surface area contributed by atoms with Crippen molar-refractivity contribution in [2.75, 3.05) is 4.90 Å². The summed E-state index contributed by atoms with van der Waals surface area (Å²) in [5.74, 6) is -5.83. The third-order valence-corrected chi connectivity index (χ3v) is 9.67. The highest BCUT2D eigenvalue weighted by atomic mass is 19.4. The van der Waals surface area contributed by atoms with Crippen molar-refractivity contribution in [2.24, 2.45) is 0 Å². The van der Waals surface area contributed by atoms with Gasteiger partial charge in [0.2, 0.25) is 0 Å². The predicted octanol–water partition coefficient (Wildman–Crippen LogP) is 9.92. The van der Waals surface area contributed by atoms with Gasteiger partial charge in [0.05, 0.1) is 27.9 Å². The van der Waals surface area contributed by atoms with Gasteiger partial charge in [0.1, 0.15) is 11.5 Å². The Balaban J connectivity index is 0.00000235. The van der Waals surface area contributed by atoms with E-state index in [1.165, 1.54) is 32.4 Å². The molecule has 0 atom stereocenters. The lowest BCUT2D eigenvalue weighted by Gasteiger charge is -2.35. The minimum Gasteiger partial charge on any atom is -0.457 e. The first kappa shape index (κ1) is 47.1. The van der Waals surface area contributed by atoms with E-state index in [0.29, 0.717) is 12.1 Å². The number of nitrogens with zero attached hydrogens (tertiary/aromatic N) is 1. The summed E-state index contributed by atoms with van der Waals surface area (Å²) in [5.41, 5.74) is -19.8. The van der Waals surface area contributed by atoms with E-state index in [1.807, 2.05) is 5.32 Å². The van der Waals surface area contributed by atoms with Gasteiger partial charge >= 0.3 is 24.7 Å². The molecule has 4 amide bonds. The number of alkyl halides is 12. The number of imide groups is 2. The average molecular weight is 893 g/mol. The zero-order chi connectivity index (χ0) is 46.7. The third-order valence-electron chi connectivity index (χ3n) is 9.67.